The Kier molecular flexibility index (Phi) is 4.16. The second-order valence-electron chi connectivity index (χ2n) is 3.27. The monoisotopic (exact) mass is 245 g/mol. The number of nitrogen functional groups attached to an aromatic ring is 1. The van der Waals surface area contributed by atoms with Crippen molar-refractivity contribution in [3.8, 4) is 0 Å². The summed E-state index contributed by atoms with van der Waals surface area (Å²) in [5.41, 5.74) is 1.99. The molecule has 0 aromatic carbocycles. The SMILES string of the molecule is CNC(=O)C(C)Nc1nc(NN)c(F)cc1F. The van der Waals surface area contributed by atoms with Crippen molar-refractivity contribution in [2.45, 2.75) is 13.0 Å². The number of pyridine rings is 1. The zero-order valence-electron chi connectivity index (χ0n) is 9.34. The van der Waals surface area contributed by atoms with Crippen LogP contribution in [0.4, 0.5) is 20.4 Å². The minimum Gasteiger partial charge on any atom is -0.357 e. The van der Waals surface area contributed by atoms with Crippen molar-refractivity contribution < 1.29 is 13.6 Å². The lowest BCUT2D eigenvalue weighted by atomic mass is 10.3. The highest BCUT2D eigenvalue weighted by Crippen LogP contribution is 2.18. The Hall–Kier alpha value is -1.96. The summed E-state index contributed by atoms with van der Waals surface area (Å²) in [5.74, 6) is 2.27. The van der Waals surface area contributed by atoms with Crippen LogP contribution >= 0.6 is 0 Å². The van der Waals surface area contributed by atoms with Crippen LogP contribution in [-0.2, 0) is 4.79 Å². The number of likely N-dealkylation sites (N-methyl/N-ethyl adjacent to an activating group) is 1. The highest BCUT2D eigenvalue weighted by Gasteiger charge is 2.16. The predicted molar refractivity (Wildman–Crippen MR) is 59.1 cm³/mol. The fraction of sp³-hybridized carbons (Fsp3) is 0.333. The van der Waals surface area contributed by atoms with Crippen molar-refractivity contribution >= 4 is 17.5 Å². The normalized spacial score (nSPS) is 11.8. The number of nitrogens with zero attached hydrogens (tertiary/aromatic N) is 1. The number of amides is 1. The van der Waals surface area contributed by atoms with Gasteiger partial charge in [-0.25, -0.2) is 19.6 Å². The molecule has 0 spiro atoms. The van der Waals surface area contributed by atoms with Gasteiger partial charge in [0.05, 0.1) is 0 Å². The number of aromatic nitrogens is 1. The highest BCUT2D eigenvalue weighted by atomic mass is 19.1. The van der Waals surface area contributed by atoms with E-state index >= 15 is 0 Å². The maximum absolute atomic E-state index is 13.3. The lowest BCUT2D eigenvalue weighted by Crippen LogP contribution is -2.35. The van der Waals surface area contributed by atoms with Crippen LogP contribution in [0.3, 0.4) is 0 Å². The van der Waals surface area contributed by atoms with E-state index < -0.39 is 17.7 Å². The Labute approximate surface area is 96.6 Å². The molecule has 1 rings (SSSR count). The molecule has 0 fully saturated rings. The van der Waals surface area contributed by atoms with Crippen LogP contribution in [0.5, 0.6) is 0 Å². The summed E-state index contributed by atoms with van der Waals surface area (Å²) in [7, 11) is 1.45. The molecular weight excluding hydrogens is 232 g/mol. The van der Waals surface area contributed by atoms with Gasteiger partial charge in [-0.15, -0.1) is 0 Å². The minimum absolute atomic E-state index is 0.254. The van der Waals surface area contributed by atoms with Crippen LogP contribution in [0.15, 0.2) is 6.07 Å². The third-order valence-corrected chi connectivity index (χ3v) is 2.06. The number of hydrazine groups is 1. The maximum Gasteiger partial charge on any atom is 0.241 e. The lowest BCUT2D eigenvalue weighted by Gasteiger charge is -2.14. The molecule has 5 N–H and O–H groups in total. The molecule has 0 saturated carbocycles. The fourth-order valence-corrected chi connectivity index (χ4v) is 1.16. The van der Waals surface area contributed by atoms with Gasteiger partial charge < -0.3 is 16.1 Å². The van der Waals surface area contributed by atoms with Gasteiger partial charge in [0, 0.05) is 13.1 Å². The van der Waals surface area contributed by atoms with E-state index in [1.165, 1.54) is 14.0 Å². The molecule has 1 unspecified atom stereocenters. The Bertz CT molecular complexity index is 426. The molecule has 6 nitrogen and oxygen atoms in total. The van der Waals surface area contributed by atoms with Crippen molar-refractivity contribution in [1.82, 2.24) is 10.3 Å². The standard InChI is InChI=1S/C9H13F2N5O/c1-4(9(17)13-2)14-7-5(10)3-6(11)8(15-7)16-12/h3-4H,12H2,1-2H3,(H,13,17)(H2,14,15,16). The van der Waals surface area contributed by atoms with Gasteiger partial charge in [0.15, 0.2) is 23.3 Å². The number of nitrogens with one attached hydrogen (secondary N) is 3. The second-order valence-corrected chi connectivity index (χ2v) is 3.27. The number of rotatable bonds is 4. The molecule has 0 aliphatic carbocycles. The summed E-state index contributed by atoms with van der Waals surface area (Å²) < 4.78 is 26.4. The van der Waals surface area contributed by atoms with Gasteiger partial charge in [0.1, 0.15) is 6.04 Å². The van der Waals surface area contributed by atoms with Gasteiger partial charge >= 0.3 is 0 Å². The first kappa shape index (κ1) is 13.1. The van der Waals surface area contributed by atoms with Crippen molar-refractivity contribution in [2.24, 2.45) is 5.84 Å². The van der Waals surface area contributed by atoms with Crippen LogP contribution in [0, 0.1) is 11.6 Å². The zero-order chi connectivity index (χ0) is 13.0. The molecular formula is C9H13F2N5O. The first-order valence-corrected chi connectivity index (χ1v) is 4.80. The van der Waals surface area contributed by atoms with Gasteiger partial charge in [-0.05, 0) is 6.92 Å². The van der Waals surface area contributed by atoms with E-state index in [2.05, 4.69) is 15.6 Å². The van der Waals surface area contributed by atoms with Crippen LogP contribution in [0.25, 0.3) is 0 Å². The van der Waals surface area contributed by atoms with Crippen molar-refractivity contribution in [3.63, 3.8) is 0 Å². The molecule has 0 aliphatic rings. The smallest absolute Gasteiger partial charge is 0.241 e. The van der Waals surface area contributed by atoms with E-state index in [1.54, 1.807) is 0 Å². The van der Waals surface area contributed by atoms with E-state index in [4.69, 9.17) is 5.84 Å². The third kappa shape index (κ3) is 3.00. The number of carbonyl (C=O) groups excluding carboxylic acids is 1. The maximum atomic E-state index is 13.3. The molecule has 1 heterocycles. The number of nitrogens with two attached hydrogens (primary N) is 1. The van der Waals surface area contributed by atoms with Crippen LogP contribution in [0.2, 0.25) is 0 Å². The number of anilines is 2. The molecule has 94 valence electrons. The molecule has 0 saturated heterocycles. The summed E-state index contributed by atoms with van der Waals surface area (Å²) in [4.78, 5) is 14.8. The molecule has 0 aliphatic heterocycles. The Morgan fingerprint density at radius 1 is 1.41 bits per heavy atom. The van der Waals surface area contributed by atoms with Crippen molar-refractivity contribution in [1.29, 1.82) is 0 Å². The molecule has 1 atom stereocenters. The second kappa shape index (κ2) is 5.39. The van der Waals surface area contributed by atoms with Gasteiger partial charge in [-0.3, -0.25) is 4.79 Å². The average molecular weight is 245 g/mol. The fourth-order valence-electron chi connectivity index (χ4n) is 1.16. The lowest BCUT2D eigenvalue weighted by molar-refractivity contribution is -0.121. The summed E-state index contributed by atoms with van der Waals surface area (Å²) in [6.45, 7) is 1.51. The van der Waals surface area contributed by atoms with Crippen LogP contribution in [-0.4, -0.2) is 24.0 Å². The summed E-state index contributed by atoms with van der Waals surface area (Å²) in [6, 6.07) is -0.0840. The molecule has 8 heteroatoms. The zero-order valence-corrected chi connectivity index (χ0v) is 9.34. The summed E-state index contributed by atoms with van der Waals surface area (Å²) in [6.07, 6.45) is 0. The van der Waals surface area contributed by atoms with Crippen molar-refractivity contribution in [3.05, 3.63) is 17.7 Å². The van der Waals surface area contributed by atoms with E-state index in [1.807, 2.05) is 5.43 Å². The van der Waals surface area contributed by atoms with E-state index in [0.717, 1.165) is 0 Å². The van der Waals surface area contributed by atoms with Gasteiger partial charge in [-0.2, -0.15) is 0 Å². The topological polar surface area (TPSA) is 92.1 Å². The van der Waals surface area contributed by atoms with Crippen molar-refractivity contribution in [2.75, 3.05) is 17.8 Å². The summed E-state index contributed by atoms with van der Waals surface area (Å²) in [5, 5.41) is 4.88. The molecule has 0 bridgehead atoms. The number of hydrogen-bond acceptors (Lipinski definition) is 5. The molecule has 1 aromatic rings. The highest BCUT2D eigenvalue weighted by molar-refractivity contribution is 5.83. The Balaban J connectivity index is 2.94. The predicted octanol–water partition coefficient (Wildman–Crippen LogP) is 0.192. The first-order valence-electron chi connectivity index (χ1n) is 4.80. The number of carbonyl (C=O) groups is 1. The average Bonchev–Trinajstić information content (AvgIpc) is 2.31. The quantitative estimate of drug-likeness (QED) is 0.449. The van der Waals surface area contributed by atoms with E-state index in [9.17, 15) is 13.6 Å². The summed E-state index contributed by atoms with van der Waals surface area (Å²) >= 11 is 0. The third-order valence-electron chi connectivity index (χ3n) is 2.06. The number of halogens is 2. The van der Waals surface area contributed by atoms with E-state index in [-0.39, 0.29) is 17.5 Å². The van der Waals surface area contributed by atoms with Crippen LogP contribution < -0.4 is 21.9 Å². The van der Waals surface area contributed by atoms with Crippen LogP contribution in [0.1, 0.15) is 6.92 Å². The van der Waals surface area contributed by atoms with Gasteiger partial charge in [-0.1, -0.05) is 0 Å². The number of hydrogen-bond donors (Lipinski definition) is 4. The molecule has 1 aromatic heterocycles. The van der Waals surface area contributed by atoms with E-state index in [0.29, 0.717) is 6.07 Å². The Morgan fingerprint density at radius 3 is 2.53 bits per heavy atom. The largest absolute Gasteiger partial charge is 0.357 e. The minimum atomic E-state index is -0.914. The first-order chi connectivity index (χ1) is 7.99. The molecule has 1 amide bonds. The Morgan fingerprint density at radius 2 is 2.00 bits per heavy atom. The molecule has 0 radical (unpaired) electrons. The van der Waals surface area contributed by atoms with Gasteiger partial charge in [0.25, 0.3) is 0 Å². The molecule has 17 heavy (non-hydrogen) atoms. The van der Waals surface area contributed by atoms with Gasteiger partial charge in [0.2, 0.25) is 5.91 Å².